The number of ether oxygens (including phenoxy) is 1. The molecule has 5 rings (SSSR count). The zero-order valence-electron chi connectivity index (χ0n) is 30.3. The molecule has 5 aromatic rings. The number of hydrogen-bond donors (Lipinski definition) is 7. The Bertz CT molecular complexity index is 1860. The fourth-order valence-corrected chi connectivity index (χ4v) is 3.71. The van der Waals surface area contributed by atoms with Crippen LogP contribution in [-0.4, -0.2) is 40.6 Å². The Morgan fingerprint density at radius 3 is 1.75 bits per heavy atom. The van der Waals surface area contributed by atoms with Crippen LogP contribution in [0.3, 0.4) is 0 Å². The second-order valence-corrected chi connectivity index (χ2v) is 12.0. The van der Waals surface area contributed by atoms with E-state index in [1.54, 1.807) is 66.7 Å². The number of rotatable bonds is 8. The summed E-state index contributed by atoms with van der Waals surface area (Å²) >= 11 is 0. The number of carbonyl (C=O) groups is 4. The predicted molar refractivity (Wildman–Crippen MR) is 208 cm³/mol. The van der Waals surface area contributed by atoms with Gasteiger partial charge in [0.05, 0.1) is 24.8 Å². The van der Waals surface area contributed by atoms with Gasteiger partial charge in [-0.3, -0.25) is 14.9 Å². The lowest BCUT2D eigenvalue weighted by molar-refractivity contribution is -0.118. The molecule has 10 N–H and O–H groups in total. The number of hydrogen-bond acceptors (Lipinski definition) is 10. The quantitative estimate of drug-likeness (QED) is 0.0771. The minimum atomic E-state index is -1.03. The highest BCUT2D eigenvalue weighted by Gasteiger charge is 2.09. The van der Waals surface area contributed by atoms with Crippen molar-refractivity contribution in [2.45, 2.75) is 34.6 Å². The number of nitrogens with zero attached hydrogens (tertiary/aromatic N) is 1. The molecule has 0 radical (unpaired) electrons. The summed E-state index contributed by atoms with van der Waals surface area (Å²) in [6.45, 7) is 9.98. The van der Waals surface area contributed by atoms with Gasteiger partial charge in [-0.25, -0.2) is 14.6 Å². The second kappa shape index (κ2) is 22.1. The van der Waals surface area contributed by atoms with Crippen LogP contribution >= 0.6 is 0 Å². The zero-order chi connectivity index (χ0) is 39.3. The third kappa shape index (κ3) is 17.1. The average molecular weight is 726 g/mol. The van der Waals surface area contributed by atoms with Crippen molar-refractivity contribution in [3.05, 3.63) is 126 Å². The molecule has 53 heavy (non-hydrogen) atoms. The van der Waals surface area contributed by atoms with Gasteiger partial charge in [0.25, 0.3) is 5.91 Å². The van der Waals surface area contributed by atoms with Gasteiger partial charge in [-0.1, -0.05) is 45.9 Å². The molecule has 14 nitrogen and oxygen atoms in total. The Balaban J connectivity index is 0.000000252. The third-order valence-corrected chi connectivity index (χ3v) is 6.56. The van der Waals surface area contributed by atoms with Gasteiger partial charge in [0.15, 0.2) is 0 Å². The predicted octanol–water partition coefficient (Wildman–Crippen LogP) is 7.54. The van der Waals surface area contributed by atoms with Crippen LogP contribution in [0.5, 0.6) is 0 Å². The molecule has 0 aliphatic heterocycles. The molecule has 14 heteroatoms. The van der Waals surface area contributed by atoms with Crippen molar-refractivity contribution in [1.29, 1.82) is 0 Å². The second-order valence-electron chi connectivity index (χ2n) is 12.0. The van der Waals surface area contributed by atoms with Gasteiger partial charge < -0.3 is 42.1 Å². The number of pyridine rings is 1. The van der Waals surface area contributed by atoms with Crippen molar-refractivity contribution in [3.63, 3.8) is 0 Å². The molecule has 3 amide bonds. The summed E-state index contributed by atoms with van der Waals surface area (Å²) in [5.74, 6) is -0.377. The number of nitrogens with one attached hydrogen (secondary N) is 3. The normalized spacial score (nSPS) is 9.87. The van der Waals surface area contributed by atoms with E-state index >= 15 is 0 Å². The highest BCUT2D eigenvalue weighted by Crippen LogP contribution is 2.13. The molecule has 0 saturated heterocycles. The molecule has 0 fully saturated rings. The van der Waals surface area contributed by atoms with E-state index in [4.69, 9.17) is 27.0 Å². The summed E-state index contributed by atoms with van der Waals surface area (Å²) in [6.07, 6.45) is 2.39. The summed E-state index contributed by atoms with van der Waals surface area (Å²) in [5, 5.41) is 16.3. The standard InChI is InChI=1S/C13H13N3O.C11H16N2O2.C10H14N2O.C5H4O3/c1-9-4-2-3-5-11(9)13(17)16-12-7-6-10(14)8-15-12;1-8(2)7-15-11(14)13-10-5-3-9(12)4-6-10;1-7(2)10(13)12-9-5-3-8(11)4-6-9;6-5(7)4-2-1-3-8-4/h2-8H,14H2,1H3,(H,15,16,17);3-6,8H,7,12H2,1-2H3,(H,13,14);3-7H,11H2,1-2H3,(H,12,13);1-3H,(H,6,7). The Labute approximate surface area is 308 Å². The van der Waals surface area contributed by atoms with E-state index < -0.39 is 12.1 Å². The molecule has 3 aromatic carbocycles. The number of aromatic carboxylic acids is 1. The number of aromatic nitrogens is 1. The number of furan rings is 1. The van der Waals surface area contributed by atoms with Crippen molar-refractivity contribution < 1.29 is 33.4 Å². The van der Waals surface area contributed by atoms with Crippen LogP contribution in [0, 0.1) is 18.8 Å². The highest BCUT2D eigenvalue weighted by atomic mass is 16.5. The fraction of sp³-hybridized carbons (Fsp3) is 0.205. The summed E-state index contributed by atoms with van der Waals surface area (Å²) in [5.41, 5.74) is 21.5. The maximum absolute atomic E-state index is 11.9. The average Bonchev–Trinajstić information content (AvgIpc) is 3.67. The molecule has 0 bridgehead atoms. The highest BCUT2D eigenvalue weighted by molar-refractivity contribution is 6.04. The topological polar surface area (TPSA) is 238 Å². The van der Waals surface area contributed by atoms with E-state index in [2.05, 4.69) is 25.4 Å². The summed E-state index contributed by atoms with van der Waals surface area (Å²) in [4.78, 5) is 48.4. The van der Waals surface area contributed by atoms with Crippen molar-refractivity contribution in [1.82, 2.24) is 4.98 Å². The zero-order valence-corrected chi connectivity index (χ0v) is 30.3. The molecule has 0 unspecified atom stereocenters. The largest absolute Gasteiger partial charge is 0.475 e. The number of nitrogens with two attached hydrogens (primary N) is 3. The number of aryl methyl sites for hydroxylation is 1. The van der Waals surface area contributed by atoms with Crippen molar-refractivity contribution >= 4 is 58.1 Å². The number of benzene rings is 3. The van der Waals surface area contributed by atoms with Crippen LogP contribution in [0.25, 0.3) is 0 Å². The van der Waals surface area contributed by atoms with Gasteiger partial charge in [0.2, 0.25) is 11.7 Å². The Morgan fingerprint density at radius 1 is 0.736 bits per heavy atom. The van der Waals surface area contributed by atoms with E-state index in [0.717, 1.165) is 11.3 Å². The van der Waals surface area contributed by atoms with Crippen LogP contribution in [-0.2, 0) is 9.53 Å². The molecule has 0 spiro atoms. The van der Waals surface area contributed by atoms with Gasteiger partial charge in [0, 0.05) is 34.2 Å². The lowest BCUT2D eigenvalue weighted by Crippen LogP contribution is -2.17. The molecular weight excluding hydrogens is 678 g/mol. The molecule has 280 valence electrons. The van der Waals surface area contributed by atoms with Crippen LogP contribution in [0.1, 0.15) is 54.2 Å². The lowest BCUT2D eigenvalue weighted by atomic mass is 10.1. The van der Waals surface area contributed by atoms with Crippen LogP contribution in [0.2, 0.25) is 0 Å². The van der Waals surface area contributed by atoms with Gasteiger partial charge >= 0.3 is 12.1 Å². The van der Waals surface area contributed by atoms with E-state index in [9.17, 15) is 19.2 Å². The monoisotopic (exact) mass is 725 g/mol. The van der Waals surface area contributed by atoms with Crippen molar-refractivity contribution in [2.75, 3.05) is 39.8 Å². The van der Waals surface area contributed by atoms with E-state index in [1.807, 2.05) is 52.8 Å². The minimum Gasteiger partial charge on any atom is -0.475 e. The fourth-order valence-electron chi connectivity index (χ4n) is 3.71. The van der Waals surface area contributed by atoms with Crippen LogP contribution in [0.15, 0.2) is 114 Å². The first-order valence-electron chi connectivity index (χ1n) is 16.5. The number of carboxylic acids is 1. The molecule has 0 saturated carbocycles. The Kier molecular flexibility index (Phi) is 17.6. The van der Waals surface area contributed by atoms with E-state index in [1.165, 1.54) is 24.6 Å². The summed E-state index contributed by atoms with van der Waals surface area (Å²) < 4.78 is 9.45. The van der Waals surface area contributed by atoms with Gasteiger partial charge in [-0.2, -0.15) is 0 Å². The van der Waals surface area contributed by atoms with Crippen LogP contribution < -0.4 is 33.2 Å². The molecule has 2 aromatic heterocycles. The third-order valence-electron chi connectivity index (χ3n) is 6.56. The SMILES string of the molecule is CC(C)C(=O)Nc1ccc(N)cc1.CC(C)COC(=O)Nc1ccc(N)cc1.Cc1ccccc1C(=O)Nc1ccc(N)cn1.O=C(O)c1ccco1. The van der Waals surface area contributed by atoms with Crippen molar-refractivity contribution in [2.24, 2.45) is 11.8 Å². The summed E-state index contributed by atoms with van der Waals surface area (Å²) in [6, 6.07) is 27.7. The van der Waals surface area contributed by atoms with Crippen LogP contribution in [0.4, 0.5) is 39.0 Å². The first-order chi connectivity index (χ1) is 25.1. The first kappa shape index (κ1) is 42.3. The van der Waals surface area contributed by atoms with Gasteiger partial charge in [0.1, 0.15) is 5.82 Å². The minimum absolute atomic E-state index is 0.00227. The smallest absolute Gasteiger partial charge is 0.411 e. The Hall–Kier alpha value is -6.83. The summed E-state index contributed by atoms with van der Waals surface area (Å²) in [7, 11) is 0. The van der Waals surface area contributed by atoms with Gasteiger partial charge in [-0.15, -0.1) is 0 Å². The molecule has 0 aliphatic rings. The first-order valence-corrected chi connectivity index (χ1v) is 16.5. The molecule has 2 heterocycles. The number of carboxylic acid groups (broad SMARTS) is 1. The number of nitrogen functional groups attached to an aromatic ring is 3. The Morgan fingerprint density at radius 2 is 1.30 bits per heavy atom. The van der Waals surface area contributed by atoms with E-state index in [0.29, 0.717) is 46.7 Å². The maximum atomic E-state index is 11.9. The number of anilines is 6. The lowest BCUT2D eigenvalue weighted by Gasteiger charge is -2.08. The van der Waals surface area contributed by atoms with E-state index in [-0.39, 0.29) is 23.5 Å². The number of amides is 3. The molecule has 0 atom stereocenters. The van der Waals surface area contributed by atoms with Gasteiger partial charge in [-0.05, 0) is 97.3 Å². The number of carbonyl (C=O) groups excluding carboxylic acids is 3. The molecular formula is C39H47N7O7. The maximum Gasteiger partial charge on any atom is 0.411 e. The molecule has 0 aliphatic carbocycles. The van der Waals surface area contributed by atoms with Crippen molar-refractivity contribution in [3.8, 4) is 0 Å².